The Morgan fingerprint density at radius 3 is 2.45 bits per heavy atom. The summed E-state index contributed by atoms with van der Waals surface area (Å²) in [6, 6.07) is 9.25. The molecule has 0 spiro atoms. The van der Waals surface area contributed by atoms with Gasteiger partial charge in [0, 0.05) is 34.5 Å². The van der Waals surface area contributed by atoms with Gasteiger partial charge in [-0.05, 0) is 48.9 Å². The number of aromatic nitrogens is 2. The van der Waals surface area contributed by atoms with Crippen molar-refractivity contribution in [3.63, 3.8) is 0 Å². The third-order valence-electron chi connectivity index (χ3n) is 4.59. The highest BCUT2D eigenvalue weighted by Crippen LogP contribution is 2.28. The van der Waals surface area contributed by atoms with Gasteiger partial charge in [-0.25, -0.2) is 14.8 Å². The zero-order valence-corrected chi connectivity index (χ0v) is 17.6. The molecule has 1 atom stereocenters. The summed E-state index contributed by atoms with van der Waals surface area (Å²) in [5.41, 5.74) is 4.57. The highest BCUT2D eigenvalue weighted by molar-refractivity contribution is 7.08. The third kappa shape index (κ3) is 4.81. The molecule has 0 radical (unpaired) electrons. The zero-order valence-electron chi connectivity index (χ0n) is 16.8. The number of rotatable bonds is 9. The van der Waals surface area contributed by atoms with Gasteiger partial charge in [-0.3, -0.25) is 0 Å². The molecule has 2 heterocycles. The summed E-state index contributed by atoms with van der Waals surface area (Å²) in [7, 11) is 0. The van der Waals surface area contributed by atoms with Crippen LogP contribution in [0.25, 0.3) is 11.4 Å². The number of aryl methyl sites for hydroxylation is 1. The molecule has 2 aromatic heterocycles. The Bertz CT molecular complexity index is 956. The first-order valence-corrected chi connectivity index (χ1v) is 10.6. The number of hydrogen-bond donors (Lipinski definition) is 2. The van der Waals surface area contributed by atoms with E-state index in [9.17, 15) is 9.90 Å². The summed E-state index contributed by atoms with van der Waals surface area (Å²) in [6.07, 6.45) is 0.681. The molecule has 2 N–H and O–H groups in total. The van der Waals surface area contributed by atoms with Crippen LogP contribution in [0.2, 0.25) is 0 Å². The van der Waals surface area contributed by atoms with E-state index in [1.165, 1.54) is 0 Å². The SMILES string of the molecule is CCOC(C(=O)O)c1ccc(Nc2nc(-c3ccsc3)nc(CC)c2CC)cc1. The summed E-state index contributed by atoms with van der Waals surface area (Å²) in [5, 5.41) is 16.8. The molecule has 7 heteroatoms. The summed E-state index contributed by atoms with van der Waals surface area (Å²) in [4.78, 5) is 20.9. The van der Waals surface area contributed by atoms with Gasteiger partial charge in [0.05, 0.1) is 0 Å². The second-order valence-corrected chi connectivity index (χ2v) is 7.24. The predicted octanol–water partition coefficient (Wildman–Crippen LogP) is 5.24. The largest absolute Gasteiger partial charge is 0.479 e. The first kappa shape index (κ1) is 21.0. The normalized spacial score (nSPS) is 12.0. The minimum absolute atomic E-state index is 0.336. The highest BCUT2D eigenvalue weighted by atomic mass is 32.1. The van der Waals surface area contributed by atoms with Crippen LogP contribution in [0.5, 0.6) is 0 Å². The number of benzene rings is 1. The lowest BCUT2D eigenvalue weighted by Gasteiger charge is -2.16. The van der Waals surface area contributed by atoms with Gasteiger partial charge >= 0.3 is 5.97 Å². The van der Waals surface area contributed by atoms with Gasteiger partial charge in [0.1, 0.15) is 5.82 Å². The van der Waals surface area contributed by atoms with E-state index in [0.29, 0.717) is 18.0 Å². The molecule has 0 saturated carbocycles. The Morgan fingerprint density at radius 1 is 1.14 bits per heavy atom. The molecule has 0 fully saturated rings. The number of hydrogen-bond acceptors (Lipinski definition) is 6. The van der Waals surface area contributed by atoms with E-state index in [2.05, 4.69) is 19.2 Å². The Hall–Kier alpha value is -2.77. The Balaban J connectivity index is 1.92. The molecular weight excluding hydrogens is 386 g/mol. The van der Waals surface area contributed by atoms with Crippen LogP contribution in [-0.4, -0.2) is 27.7 Å². The Kier molecular flexibility index (Phi) is 6.95. The van der Waals surface area contributed by atoms with Gasteiger partial charge in [0.25, 0.3) is 0 Å². The molecule has 1 unspecified atom stereocenters. The monoisotopic (exact) mass is 411 g/mol. The number of nitrogens with one attached hydrogen (secondary N) is 1. The van der Waals surface area contributed by atoms with Crippen molar-refractivity contribution in [2.75, 3.05) is 11.9 Å². The molecule has 0 bridgehead atoms. The van der Waals surface area contributed by atoms with E-state index in [1.807, 2.05) is 29.0 Å². The fourth-order valence-electron chi connectivity index (χ4n) is 3.17. The van der Waals surface area contributed by atoms with Crippen molar-refractivity contribution >= 4 is 28.8 Å². The second kappa shape index (κ2) is 9.62. The lowest BCUT2D eigenvalue weighted by molar-refractivity contribution is -0.150. The van der Waals surface area contributed by atoms with Crippen molar-refractivity contribution in [3.05, 3.63) is 57.9 Å². The van der Waals surface area contributed by atoms with E-state index in [0.717, 1.165) is 41.2 Å². The highest BCUT2D eigenvalue weighted by Gasteiger charge is 2.20. The standard InChI is InChI=1S/C22H25N3O3S/c1-4-17-18(5-2)24-20(15-11-12-29-13-15)25-21(17)23-16-9-7-14(8-10-16)19(22(26)27)28-6-3/h7-13,19H,4-6H2,1-3H3,(H,26,27)(H,23,24,25). The number of ether oxygens (including phenoxy) is 1. The Morgan fingerprint density at radius 2 is 1.90 bits per heavy atom. The number of nitrogens with zero attached hydrogens (tertiary/aromatic N) is 2. The van der Waals surface area contributed by atoms with Gasteiger partial charge in [-0.1, -0.05) is 26.0 Å². The summed E-state index contributed by atoms with van der Waals surface area (Å²) in [5.74, 6) is 0.499. The zero-order chi connectivity index (χ0) is 20.8. The minimum atomic E-state index is -0.996. The van der Waals surface area contributed by atoms with Crippen molar-refractivity contribution in [1.82, 2.24) is 9.97 Å². The van der Waals surface area contributed by atoms with Crippen LogP contribution in [0.15, 0.2) is 41.1 Å². The number of aliphatic carboxylic acids is 1. The molecule has 6 nitrogen and oxygen atoms in total. The smallest absolute Gasteiger partial charge is 0.337 e. The minimum Gasteiger partial charge on any atom is -0.479 e. The Labute approximate surface area is 174 Å². The predicted molar refractivity (Wildman–Crippen MR) is 116 cm³/mol. The summed E-state index contributed by atoms with van der Waals surface area (Å²) < 4.78 is 5.33. The number of carbonyl (C=O) groups is 1. The van der Waals surface area contributed by atoms with E-state index >= 15 is 0 Å². The van der Waals surface area contributed by atoms with Gasteiger partial charge in [-0.2, -0.15) is 11.3 Å². The van der Waals surface area contributed by atoms with Gasteiger partial charge in [0.15, 0.2) is 11.9 Å². The van der Waals surface area contributed by atoms with Crippen LogP contribution in [0.1, 0.15) is 43.7 Å². The molecule has 1 aromatic carbocycles. The lowest BCUT2D eigenvalue weighted by Crippen LogP contribution is -2.15. The number of anilines is 2. The van der Waals surface area contributed by atoms with Crippen molar-refractivity contribution < 1.29 is 14.6 Å². The average Bonchev–Trinajstić information content (AvgIpc) is 3.27. The summed E-state index contributed by atoms with van der Waals surface area (Å²) in [6.45, 7) is 6.31. The number of carboxylic acid groups (broad SMARTS) is 1. The summed E-state index contributed by atoms with van der Waals surface area (Å²) >= 11 is 1.62. The number of thiophene rings is 1. The topological polar surface area (TPSA) is 84.3 Å². The average molecular weight is 412 g/mol. The molecule has 0 aliphatic heterocycles. The first-order valence-electron chi connectivity index (χ1n) is 9.71. The van der Waals surface area contributed by atoms with Crippen LogP contribution < -0.4 is 5.32 Å². The molecule has 3 aromatic rings. The molecule has 152 valence electrons. The molecule has 0 saturated heterocycles. The van der Waals surface area contributed by atoms with Crippen LogP contribution in [0.3, 0.4) is 0 Å². The van der Waals surface area contributed by atoms with Gasteiger partial charge < -0.3 is 15.2 Å². The maximum atomic E-state index is 11.4. The molecular formula is C22H25N3O3S. The molecule has 0 amide bonds. The van der Waals surface area contributed by atoms with Crippen molar-refractivity contribution in [1.29, 1.82) is 0 Å². The molecule has 0 aliphatic carbocycles. The van der Waals surface area contributed by atoms with Crippen molar-refractivity contribution in [2.45, 2.75) is 39.7 Å². The fraction of sp³-hybridized carbons (Fsp3) is 0.318. The van der Waals surface area contributed by atoms with Crippen molar-refractivity contribution in [3.8, 4) is 11.4 Å². The first-order chi connectivity index (χ1) is 14.1. The fourth-order valence-corrected chi connectivity index (χ4v) is 3.81. The quantitative estimate of drug-likeness (QED) is 0.501. The molecule has 3 rings (SSSR count). The maximum Gasteiger partial charge on any atom is 0.337 e. The molecule has 0 aliphatic rings. The lowest BCUT2D eigenvalue weighted by atomic mass is 10.1. The van der Waals surface area contributed by atoms with E-state index < -0.39 is 12.1 Å². The van der Waals surface area contributed by atoms with E-state index in [-0.39, 0.29) is 0 Å². The number of carboxylic acids is 1. The van der Waals surface area contributed by atoms with E-state index in [4.69, 9.17) is 14.7 Å². The van der Waals surface area contributed by atoms with Crippen LogP contribution in [0, 0.1) is 0 Å². The second-order valence-electron chi connectivity index (χ2n) is 6.46. The van der Waals surface area contributed by atoms with Crippen LogP contribution in [0.4, 0.5) is 11.5 Å². The van der Waals surface area contributed by atoms with Gasteiger partial charge in [-0.15, -0.1) is 0 Å². The van der Waals surface area contributed by atoms with Gasteiger partial charge in [0.2, 0.25) is 0 Å². The molecule has 29 heavy (non-hydrogen) atoms. The third-order valence-corrected chi connectivity index (χ3v) is 5.28. The van der Waals surface area contributed by atoms with E-state index in [1.54, 1.807) is 30.4 Å². The van der Waals surface area contributed by atoms with Crippen LogP contribution >= 0.6 is 11.3 Å². The van der Waals surface area contributed by atoms with Crippen LogP contribution in [-0.2, 0) is 22.4 Å². The maximum absolute atomic E-state index is 11.4. The van der Waals surface area contributed by atoms with Crippen molar-refractivity contribution in [2.24, 2.45) is 0 Å².